The molecule has 1 aliphatic heterocycles. The number of Topliss-reactive ketones (excluding diaryl/α,β-unsaturated/α-hetero) is 1. The molecule has 2 amide bonds. The topological polar surface area (TPSA) is 54.5 Å². The Morgan fingerprint density at radius 3 is 2.03 bits per heavy atom. The van der Waals surface area contributed by atoms with Crippen molar-refractivity contribution < 1.29 is 14.4 Å². The molecule has 0 radical (unpaired) electrons. The van der Waals surface area contributed by atoms with Crippen molar-refractivity contribution in [3.63, 3.8) is 0 Å². The third-order valence-electron chi connectivity index (χ3n) is 7.32. The Morgan fingerprint density at radius 2 is 1.47 bits per heavy atom. The van der Waals surface area contributed by atoms with Crippen LogP contribution in [-0.2, 0) is 19.8 Å². The van der Waals surface area contributed by atoms with Gasteiger partial charge in [-0.25, -0.2) is 4.90 Å². The van der Waals surface area contributed by atoms with Gasteiger partial charge in [-0.05, 0) is 47.4 Å². The second-order valence-corrected chi connectivity index (χ2v) is 9.47. The van der Waals surface area contributed by atoms with Crippen molar-refractivity contribution in [3.05, 3.63) is 99.0 Å². The minimum Gasteiger partial charge on any atom is -0.299 e. The van der Waals surface area contributed by atoms with E-state index in [2.05, 4.69) is 0 Å². The number of rotatable bonds is 2. The molecule has 4 aliphatic rings. The number of halogens is 2. The van der Waals surface area contributed by atoms with Gasteiger partial charge in [0, 0.05) is 10.9 Å². The lowest BCUT2D eigenvalue weighted by Crippen LogP contribution is -2.57. The zero-order valence-electron chi connectivity index (χ0n) is 17.0. The van der Waals surface area contributed by atoms with Gasteiger partial charge in [0.15, 0.2) is 0 Å². The maximum Gasteiger partial charge on any atom is 0.239 e. The van der Waals surface area contributed by atoms with Crippen LogP contribution in [0.5, 0.6) is 0 Å². The second-order valence-electron chi connectivity index (χ2n) is 8.63. The van der Waals surface area contributed by atoms with Gasteiger partial charge in [-0.3, -0.25) is 14.4 Å². The van der Waals surface area contributed by atoms with Crippen molar-refractivity contribution in [2.45, 2.75) is 18.3 Å². The summed E-state index contributed by atoms with van der Waals surface area (Å²) >= 11 is 12.4. The van der Waals surface area contributed by atoms with Crippen LogP contribution in [0.4, 0.5) is 5.69 Å². The molecule has 2 bridgehead atoms. The first-order chi connectivity index (χ1) is 15.4. The van der Waals surface area contributed by atoms with Crippen molar-refractivity contribution >= 4 is 46.5 Å². The monoisotopic (exact) mass is 461 g/mol. The van der Waals surface area contributed by atoms with E-state index in [-0.39, 0.29) is 22.6 Å². The Balaban J connectivity index is 1.67. The molecule has 0 aromatic heterocycles. The number of carbonyl (C=O) groups is 3. The Kier molecular flexibility index (Phi) is 4.02. The lowest BCUT2D eigenvalue weighted by Gasteiger charge is -2.52. The van der Waals surface area contributed by atoms with Crippen molar-refractivity contribution in [2.75, 3.05) is 4.90 Å². The van der Waals surface area contributed by atoms with Crippen molar-refractivity contribution in [1.29, 1.82) is 0 Å². The predicted octanol–water partition coefficient (Wildman–Crippen LogP) is 5.13. The fraction of sp³-hybridized carbons (Fsp3) is 0.192. The average molecular weight is 462 g/mol. The first-order valence-corrected chi connectivity index (χ1v) is 11.2. The Bertz CT molecular complexity index is 1320. The fourth-order valence-electron chi connectivity index (χ4n) is 6.27. The molecule has 1 heterocycles. The number of ketones is 1. The molecule has 1 fully saturated rings. The zero-order valence-corrected chi connectivity index (χ0v) is 18.5. The molecule has 0 spiro atoms. The molecule has 2 unspecified atom stereocenters. The van der Waals surface area contributed by atoms with E-state index in [0.29, 0.717) is 10.7 Å². The summed E-state index contributed by atoms with van der Waals surface area (Å²) in [6.45, 7) is 1.52. The molecule has 1 saturated heterocycles. The van der Waals surface area contributed by atoms with E-state index in [4.69, 9.17) is 23.2 Å². The van der Waals surface area contributed by atoms with Crippen molar-refractivity contribution in [2.24, 2.45) is 11.8 Å². The quantitative estimate of drug-likeness (QED) is 0.496. The lowest BCUT2D eigenvalue weighted by atomic mass is 9.46. The first-order valence-electron chi connectivity index (χ1n) is 10.4. The van der Waals surface area contributed by atoms with Crippen LogP contribution in [0, 0.1) is 11.8 Å². The summed E-state index contributed by atoms with van der Waals surface area (Å²) in [5.41, 5.74) is 2.60. The highest BCUT2D eigenvalue weighted by Crippen LogP contribution is 2.64. The van der Waals surface area contributed by atoms with Crippen molar-refractivity contribution in [1.82, 2.24) is 0 Å². The van der Waals surface area contributed by atoms with Crippen LogP contribution in [0.3, 0.4) is 0 Å². The summed E-state index contributed by atoms with van der Waals surface area (Å²) in [7, 11) is 0. The van der Waals surface area contributed by atoms with E-state index in [0.717, 1.165) is 27.2 Å². The van der Waals surface area contributed by atoms with E-state index in [1.165, 1.54) is 13.0 Å². The molecular formula is C26H17Cl2NO3. The summed E-state index contributed by atoms with van der Waals surface area (Å²) in [6, 6.07) is 20.1. The van der Waals surface area contributed by atoms with E-state index < -0.39 is 23.2 Å². The standard InChI is InChI=1S/C26H17Cl2NO3/c1-13(30)26-17-8-4-2-6-15(17)21(16-7-3-5-9-18(16)26)22-23(26)25(32)29(24(22)31)20-11-10-14(27)12-19(20)28/h2-12,21-23H,1H3. The van der Waals surface area contributed by atoms with Crippen LogP contribution in [-0.4, -0.2) is 17.6 Å². The molecule has 158 valence electrons. The molecular weight excluding hydrogens is 445 g/mol. The van der Waals surface area contributed by atoms with Gasteiger partial charge < -0.3 is 0 Å². The molecule has 0 N–H and O–H groups in total. The zero-order chi connectivity index (χ0) is 22.4. The summed E-state index contributed by atoms with van der Waals surface area (Å²) in [5.74, 6) is -2.67. The maximum absolute atomic E-state index is 14.0. The number of imide groups is 1. The van der Waals surface area contributed by atoms with Crippen LogP contribution in [0.15, 0.2) is 66.7 Å². The molecule has 2 atom stereocenters. The van der Waals surface area contributed by atoms with E-state index >= 15 is 0 Å². The van der Waals surface area contributed by atoms with Crippen LogP contribution in [0.1, 0.15) is 35.1 Å². The van der Waals surface area contributed by atoms with E-state index in [1.807, 2.05) is 48.5 Å². The number of hydrogen-bond acceptors (Lipinski definition) is 3. The normalized spacial score (nSPS) is 27.2. The fourth-order valence-corrected chi connectivity index (χ4v) is 6.76. The van der Waals surface area contributed by atoms with Gasteiger partial charge in [-0.2, -0.15) is 0 Å². The highest BCUT2D eigenvalue weighted by atomic mass is 35.5. The van der Waals surface area contributed by atoms with Gasteiger partial charge in [0.2, 0.25) is 11.8 Å². The van der Waals surface area contributed by atoms with Crippen LogP contribution >= 0.6 is 23.2 Å². The molecule has 4 nitrogen and oxygen atoms in total. The van der Waals surface area contributed by atoms with Gasteiger partial charge >= 0.3 is 0 Å². The van der Waals surface area contributed by atoms with Crippen LogP contribution in [0.2, 0.25) is 10.0 Å². The largest absolute Gasteiger partial charge is 0.299 e. The summed E-state index contributed by atoms with van der Waals surface area (Å²) in [6.07, 6.45) is 0. The minimum absolute atomic E-state index is 0.143. The smallest absolute Gasteiger partial charge is 0.239 e. The molecule has 7 rings (SSSR count). The number of anilines is 1. The van der Waals surface area contributed by atoms with E-state index in [9.17, 15) is 14.4 Å². The van der Waals surface area contributed by atoms with Crippen molar-refractivity contribution in [3.8, 4) is 0 Å². The van der Waals surface area contributed by atoms with Gasteiger partial charge in [0.1, 0.15) is 5.78 Å². The van der Waals surface area contributed by atoms with Crippen LogP contribution < -0.4 is 4.90 Å². The second kappa shape index (κ2) is 6.53. The summed E-state index contributed by atoms with van der Waals surface area (Å²) < 4.78 is 0. The minimum atomic E-state index is -1.22. The highest BCUT2D eigenvalue weighted by Gasteiger charge is 2.70. The molecule has 6 heteroatoms. The van der Waals surface area contributed by atoms with E-state index in [1.54, 1.807) is 12.1 Å². The molecule has 3 aliphatic carbocycles. The number of amides is 2. The van der Waals surface area contributed by atoms with Gasteiger partial charge in [-0.15, -0.1) is 0 Å². The van der Waals surface area contributed by atoms with Gasteiger partial charge in [0.25, 0.3) is 0 Å². The predicted molar refractivity (Wildman–Crippen MR) is 122 cm³/mol. The Morgan fingerprint density at radius 1 is 0.875 bits per heavy atom. The third-order valence-corrected chi connectivity index (χ3v) is 7.86. The first kappa shape index (κ1) is 19.7. The summed E-state index contributed by atoms with van der Waals surface area (Å²) in [5, 5.41) is 0.632. The Hall–Kier alpha value is -2.95. The maximum atomic E-state index is 14.0. The Labute approximate surface area is 194 Å². The highest BCUT2D eigenvalue weighted by molar-refractivity contribution is 6.38. The number of hydrogen-bond donors (Lipinski definition) is 0. The van der Waals surface area contributed by atoms with Crippen LogP contribution in [0.25, 0.3) is 0 Å². The third kappa shape index (κ3) is 2.17. The summed E-state index contributed by atoms with van der Waals surface area (Å²) in [4.78, 5) is 42.5. The van der Waals surface area contributed by atoms with Gasteiger partial charge in [-0.1, -0.05) is 71.7 Å². The lowest BCUT2D eigenvalue weighted by molar-refractivity contribution is -0.132. The SMILES string of the molecule is CC(=O)C12c3ccccc3C(c3ccccc31)C1C(=O)N(c3ccc(Cl)cc3Cl)C(=O)C12. The molecule has 0 saturated carbocycles. The molecule has 3 aromatic carbocycles. The number of benzene rings is 3. The molecule has 3 aromatic rings. The van der Waals surface area contributed by atoms with Gasteiger partial charge in [0.05, 0.1) is 28.0 Å². The number of carbonyl (C=O) groups excluding carboxylic acids is 3. The average Bonchev–Trinajstić information content (AvgIpc) is 3.05. The molecule has 32 heavy (non-hydrogen) atoms. The number of nitrogens with zero attached hydrogens (tertiary/aromatic N) is 1.